The fourth-order valence-electron chi connectivity index (χ4n) is 3.18. The highest BCUT2D eigenvalue weighted by Gasteiger charge is 2.45. The molecule has 1 atom stereocenters. The molecule has 166 valence electrons. The zero-order chi connectivity index (χ0) is 22.5. The third kappa shape index (κ3) is 7.01. The summed E-state index contributed by atoms with van der Waals surface area (Å²) < 4.78 is 79.0. The van der Waals surface area contributed by atoms with Crippen molar-refractivity contribution in [3.8, 4) is 5.75 Å². The first-order valence-corrected chi connectivity index (χ1v) is 11.1. The number of halogens is 3. The van der Waals surface area contributed by atoms with Crippen LogP contribution in [0.3, 0.4) is 0 Å². The van der Waals surface area contributed by atoms with Crippen molar-refractivity contribution in [1.82, 2.24) is 0 Å². The Labute approximate surface area is 173 Å². The molecule has 0 radical (unpaired) electrons. The Morgan fingerprint density at radius 3 is 2.37 bits per heavy atom. The Hall–Kier alpha value is -2.08. The van der Waals surface area contributed by atoms with Crippen LogP contribution in [-0.2, 0) is 26.0 Å². The van der Waals surface area contributed by atoms with Crippen LogP contribution < -0.4 is 4.74 Å². The van der Waals surface area contributed by atoms with Gasteiger partial charge in [0.15, 0.2) is 0 Å². The number of hydrogen-bond donors (Lipinski definition) is 1. The van der Waals surface area contributed by atoms with Crippen molar-refractivity contribution in [2.24, 2.45) is 5.92 Å². The Morgan fingerprint density at radius 1 is 1.20 bits per heavy atom. The van der Waals surface area contributed by atoms with Gasteiger partial charge in [-0.15, -0.1) is 0 Å². The Kier molecular flexibility index (Phi) is 7.92. The van der Waals surface area contributed by atoms with Gasteiger partial charge in [0, 0.05) is 0 Å². The third-order valence-corrected chi connectivity index (χ3v) is 5.53. The summed E-state index contributed by atoms with van der Waals surface area (Å²) in [6.45, 7) is 0. The first-order valence-electron chi connectivity index (χ1n) is 9.48. The molecular weight excluding hydrogens is 428 g/mol. The average molecular weight is 450 g/mol. The Balaban J connectivity index is 2.21. The van der Waals surface area contributed by atoms with E-state index in [1.165, 1.54) is 12.1 Å². The lowest BCUT2D eigenvalue weighted by atomic mass is 9.89. The minimum Gasteiger partial charge on any atom is -0.448 e. The van der Waals surface area contributed by atoms with Gasteiger partial charge in [0.2, 0.25) is 6.10 Å². The van der Waals surface area contributed by atoms with Gasteiger partial charge in [-0.3, -0.25) is 9.35 Å². The number of ether oxygens (including phenoxy) is 2. The first kappa shape index (κ1) is 24.2. The van der Waals surface area contributed by atoms with Crippen molar-refractivity contribution in [2.75, 3.05) is 5.75 Å². The van der Waals surface area contributed by atoms with E-state index in [-0.39, 0.29) is 17.2 Å². The molecule has 1 aromatic carbocycles. The molecular formula is C18H22BF3O7S. The minimum absolute atomic E-state index is 0.0425. The average Bonchev–Trinajstić information content (AvgIpc) is 2.66. The molecule has 1 fully saturated rings. The van der Waals surface area contributed by atoms with Crippen LogP contribution in [-0.4, -0.2) is 50.8 Å². The van der Waals surface area contributed by atoms with E-state index < -0.39 is 40.1 Å². The van der Waals surface area contributed by atoms with Crippen LogP contribution in [0.25, 0.3) is 0 Å². The lowest BCUT2D eigenvalue weighted by molar-refractivity contribution is -0.197. The van der Waals surface area contributed by atoms with Crippen LogP contribution in [0.2, 0.25) is 0 Å². The molecule has 0 amide bonds. The molecule has 1 aliphatic carbocycles. The van der Waals surface area contributed by atoms with Crippen LogP contribution in [0.5, 0.6) is 5.75 Å². The predicted molar refractivity (Wildman–Crippen MR) is 103 cm³/mol. The SMILES string of the molecule is BCc1ccc(C(=O)OC(CS(=O)(=O)O)C(F)(F)F)cc1OC(=O)C1CCCCC1. The molecule has 12 heteroatoms. The Bertz CT molecular complexity index is 880. The molecule has 1 unspecified atom stereocenters. The van der Waals surface area contributed by atoms with Gasteiger partial charge in [0.05, 0.1) is 11.5 Å². The summed E-state index contributed by atoms with van der Waals surface area (Å²) in [4.78, 5) is 24.6. The smallest absolute Gasteiger partial charge is 0.426 e. The number of rotatable bonds is 7. The molecule has 0 saturated heterocycles. The highest BCUT2D eigenvalue weighted by molar-refractivity contribution is 7.85. The topological polar surface area (TPSA) is 107 Å². The van der Waals surface area contributed by atoms with Crippen molar-refractivity contribution in [3.05, 3.63) is 29.3 Å². The number of benzene rings is 1. The predicted octanol–water partition coefficient (Wildman–Crippen LogP) is 2.28. The maximum Gasteiger partial charge on any atom is 0.426 e. The lowest BCUT2D eigenvalue weighted by Gasteiger charge is -2.21. The molecule has 0 aromatic heterocycles. The monoisotopic (exact) mass is 450 g/mol. The third-order valence-electron chi connectivity index (χ3n) is 4.81. The molecule has 2 rings (SSSR count). The summed E-state index contributed by atoms with van der Waals surface area (Å²) in [5.41, 5.74) is 0.226. The van der Waals surface area contributed by atoms with E-state index in [0.717, 1.165) is 25.3 Å². The number of alkyl halides is 3. The minimum atomic E-state index is -5.20. The summed E-state index contributed by atoms with van der Waals surface area (Å²) in [5, 5.41) is 0. The van der Waals surface area contributed by atoms with Crippen molar-refractivity contribution >= 4 is 29.9 Å². The van der Waals surface area contributed by atoms with Gasteiger partial charge in [-0.25, -0.2) is 4.79 Å². The van der Waals surface area contributed by atoms with Crippen LogP contribution >= 0.6 is 0 Å². The summed E-state index contributed by atoms with van der Waals surface area (Å²) in [6, 6.07) is 3.72. The van der Waals surface area contributed by atoms with Gasteiger partial charge in [-0.05, 0) is 30.5 Å². The van der Waals surface area contributed by atoms with Crippen molar-refractivity contribution in [2.45, 2.75) is 50.7 Å². The molecule has 30 heavy (non-hydrogen) atoms. The zero-order valence-electron chi connectivity index (χ0n) is 16.3. The van der Waals surface area contributed by atoms with Gasteiger partial charge in [-0.2, -0.15) is 21.6 Å². The van der Waals surface area contributed by atoms with E-state index >= 15 is 0 Å². The van der Waals surface area contributed by atoms with Crippen molar-refractivity contribution in [3.63, 3.8) is 0 Å². The zero-order valence-corrected chi connectivity index (χ0v) is 17.1. The second kappa shape index (κ2) is 9.82. The van der Waals surface area contributed by atoms with E-state index in [2.05, 4.69) is 4.74 Å². The number of hydrogen-bond acceptors (Lipinski definition) is 6. The molecule has 1 N–H and O–H groups in total. The van der Waals surface area contributed by atoms with Gasteiger partial charge in [0.25, 0.3) is 10.1 Å². The van der Waals surface area contributed by atoms with Crippen molar-refractivity contribution < 1.29 is 45.2 Å². The molecule has 0 spiro atoms. The Morgan fingerprint density at radius 2 is 1.83 bits per heavy atom. The van der Waals surface area contributed by atoms with Crippen molar-refractivity contribution in [1.29, 1.82) is 0 Å². The van der Waals surface area contributed by atoms with Crippen LogP contribution in [0, 0.1) is 5.92 Å². The molecule has 1 saturated carbocycles. The van der Waals surface area contributed by atoms with E-state index in [4.69, 9.17) is 9.29 Å². The second-order valence-electron chi connectivity index (χ2n) is 7.12. The lowest BCUT2D eigenvalue weighted by Crippen LogP contribution is -2.39. The van der Waals surface area contributed by atoms with Crippen LogP contribution in [0.4, 0.5) is 13.2 Å². The van der Waals surface area contributed by atoms with Gasteiger partial charge < -0.3 is 9.47 Å². The van der Waals surface area contributed by atoms with Crippen LogP contribution in [0.1, 0.15) is 48.0 Å². The maximum absolute atomic E-state index is 13.0. The molecule has 0 bridgehead atoms. The summed E-state index contributed by atoms with van der Waals surface area (Å²) in [6.07, 6.45) is -3.59. The standard InChI is InChI=1S/C18H22BF3O7S/c19-9-13-7-6-12(8-14(13)28-16(23)11-4-2-1-3-5-11)17(24)29-15(18(20,21)22)10-30(25,26)27/h6-8,11,15H,1-5,9-10,19H2,(H,25,26,27). The summed E-state index contributed by atoms with van der Waals surface area (Å²) in [7, 11) is -3.27. The summed E-state index contributed by atoms with van der Waals surface area (Å²) in [5.74, 6) is -3.98. The van der Waals surface area contributed by atoms with Gasteiger partial charge in [0.1, 0.15) is 19.3 Å². The fourth-order valence-corrected chi connectivity index (χ4v) is 3.82. The van der Waals surface area contributed by atoms with E-state index in [0.29, 0.717) is 24.7 Å². The van der Waals surface area contributed by atoms with E-state index in [1.807, 2.05) is 0 Å². The quantitative estimate of drug-likeness (QED) is 0.294. The van der Waals surface area contributed by atoms with Gasteiger partial charge >= 0.3 is 18.1 Å². The maximum atomic E-state index is 13.0. The molecule has 1 aromatic rings. The highest BCUT2D eigenvalue weighted by Crippen LogP contribution is 2.29. The fraction of sp³-hybridized carbons (Fsp3) is 0.556. The highest BCUT2D eigenvalue weighted by atomic mass is 32.2. The van der Waals surface area contributed by atoms with E-state index in [9.17, 15) is 31.2 Å². The molecule has 0 aliphatic heterocycles. The number of carbonyl (C=O) groups is 2. The molecule has 0 heterocycles. The largest absolute Gasteiger partial charge is 0.448 e. The van der Waals surface area contributed by atoms with Crippen LogP contribution in [0.15, 0.2) is 18.2 Å². The normalized spacial score (nSPS) is 16.7. The van der Waals surface area contributed by atoms with Gasteiger partial charge in [-0.1, -0.05) is 31.6 Å². The molecule has 7 nitrogen and oxygen atoms in total. The number of carbonyl (C=O) groups excluding carboxylic acids is 2. The second-order valence-corrected chi connectivity index (χ2v) is 8.61. The molecule has 1 aliphatic rings. The van der Waals surface area contributed by atoms with E-state index in [1.54, 1.807) is 7.85 Å². The number of esters is 2. The first-order chi connectivity index (χ1) is 13.9. The summed E-state index contributed by atoms with van der Waals surface area (Å²) >= 11 is 0.